The van der Waals surface area contributed by atoms with Crippen molar-refractivity contribution < 1.29 is 9.53 Å². The van der Waals surface area contributed by atoms with Crippen LogP contribution >= 0.6 is 0 Å². The van der Waals surface area contributed by atoms with Gasteiger partial charge in [0.2, 0.25) is 0 Å². The van der Waals surface area contributed by atoms with Gasteiger partial charge in [-0.05, 0) is 37.9 Å². The first-order valence-corrected chi connectivity index (χ1v) is 6.63. The normalized spacial score (nSPS) is 13.1. The SMILES string of the molecule is CCOC(=O)C(C)(NCCCN=[N+]=[N-])c1ccccc1. The highest BCUT2D eigenvalue weighted by molar-refractivity contribution is 5.82. The molecule has 20 heavy (non-hydrogen) atoms. The van der Waals surface area contributed by atoms with Gasteiger partial charge in [0, 0.05) is 11.5 Å². The van der Waals surface area contributed by atoms with Gasteiger partial charge in [-0.2, -0.15) is 0 Å². The van der Waals surface area contributed by atoms with E-state index in [0.29, 0.717) is 26.1 Å². The van der Waals surface area contributed by atoms with Gasteiger partial charge >= 0.3 is 5.97 Å². The fraction of sp³-hybridized carbons (Fsp3) is 0.500. The Bertz CT molecular complexity index is 471. The number of nitrogens with zero attached hydrogens (tertiary/aromatic N) is 3. The van der Waals surface area contributed by atoms with Crippen LogP contribution in [0, 0.1) is 0 Å². The molecule has 1 aromatic rings. The van der Waals surface area contributed by atoms with Crippen molar-refractivity contribution in [3.8, 4) is 0 Å². The van der Waals surface area contributed by atoms with E-state index in [1.807, 2.05) is 30.3 Å². The van der Waals surface area contributed by atoms with E-state index in [-0.39, 0.29) is 5.97 Å². The molecule has 6 heteroatoms. The van der Waals surface area contributed by atoms with Crippen LogP contribution in [0.2, 0.25) is 0 Å². The second kappa shape index (κ2) is 8.19. The van der Waals surface area contributed by atoms with Crippen molar-refractivity contribution in [2.75, 3.05) is 19.7 Å². The highest BCUT2D eigenvalue weighted by Crippen LogP contribution is 2.22. The molecule has 0 fully saturated rings. The fourth-order valence-corrected chi connectivity index (χ4v) is 1.87. The van der Waals surface area contributed by atoms with Crippen molar-refractivity contribution in [3.05, 3.63) is 46.3 Å². The van der Waals surface area contributed by atoms with Gasteiger partial charge in [0.1, 0.15) is 5.54 Å². The quantitative estimate of drug-likeness (QED) is 0.260. The van der Waals surface area contributed by atoms with E-state index in [1.165, 1.54) is 0 Å². The average molecular weight is 276 g/mol. The van der Waals surface area contributed by atoms with Crippen LogP contribution in [-0.2, 0) is 15.1 Å². The minimum Gasteiger partial charge on any atom is -0.464 e. The molecule has 1 unspecified atom stereocenters. The van der Waals surface area contributed by atoms with Gasteiger partial charge in [-0.25, -0.2) is 4.79 Å². The lowest BCUT2D eigenvalue weighted by Crippen LogP contribution is -2.48. The van der Waals surface area contributed by atoms with Crippen molar-refractivity contribution in [1.82, 2.24) is 5.32 Å². The zero-order valence-corrected chi connectivity index (χ0v) is 11.9. The molecule has 0 aliphatic heterocycles. The van der Waals surface area contributed by atoms with Crippen LogP contribution in [0.1, 0.15) is 25.8 Å². The van der Waals surface area contributed by atoms with E-state index in [4.69, 9.17) is 10.3 Å². The molecule has 0 saturated carbocycles. The predicted octanol–water partition coefficient (Wildman–Crippen LogP) is 2.75. The van der Waals surface area contributed by atoms with Crippen molar-refractivity contribution >= 4 is 5.97 Å². The number of benzene rings is 1. The first kappa shape index (κ1) is 16.0. The molecule has 1 atom stereocenters. The number of hydrogen-bond donors (Lipinski definition) is 1. The summed E-state index contributed by atoms with van der Waals surface area (Å²) in [6, 6.07) is 9.44. The molecule has 6 nitrogen and oxygen atoms in total. The summed E-state index contributed by atoms with van der Waals surface area (Å²) >= 11 is 0. The zero-order valence-electron chi connectivity index (χ0n) is 11.9. The molecule has 1 aromatic carbocycles. The summed E-state index contributed by atoms with van der Waals surface area (Å²) in [7, 11) is 0. The van der Waals surface area contributed by atoms with Crippen molar-refractivity contribution in [3.63, 3.8) is 0 Å². The smallest absolute Gasteiger partial charge is 0.330 e. The van der Waals surface area contributed by atoms with E-state index >= 15 is 0 Å². The summed E-state index contributed by atoms with van der Waals surface area (Å²) in [5, 5.41) is 6.67. The Morgan fingerprint density at radius 2 is 2.15 bits per heavy atom. The van der Waals surface area contributed by atoms with E-state index < -0.39 is 5.54 Å². The van der Waals surface area contributed by atoms with Gasteiger partial charge in [0.15, 0.2) is 0 Å². The van der Waals surface area contributed by atoms with Crippen molar-refractivity contribution in [1.29, 1.82) is 0 Å². The van der Waals surface area contributed by atoms with Gasteiger partial charge in [0.25, 0.3) is 0 Å². The minimum absolute atomic E-state index is 0.310. The third-order valence-electron chi connectivity index (χ3n) is 3.01. The van der Waals surface area contributed by atoms with Crippen LogP contribution in [0.5, 0.6) is 0 Å². The summed E-state index contributed by atoms with van der Waals surface area (Å²) in [5.41, 5.74) is 8.18. The van der Waals surface area contributed by atoms with Gasteiger partial charge in [-0.15, -0.1) is 0 Å². The number of ether oxygens (including phenoxy) is 1. The van der Waals surface area contributed by atoms with Gasteiger partial charge in [0.05, 0.1) is 6.61 Å². The first-order chi connectivity index (χ1) is 9.65. The maximum atomic E-state index is 12.2. The highest BCUT2D eigenvalue weighted by Gasteiger charge is 2.35. The van der Waals surface area contributed by atoms with E-state index in [2.05, 4.69) is 15.3 Å². The number of hydrogen-bond acceptors (Lipinski definition) is 4. The van der Waals surface area contributed by atoms with Crippen molar-refractivity contribution in [2.45, 2.75) is 25.8 Å². The third-order valence-corrected chi connectivity index (χ3v) is 3.01. The maximum absolute atomic E-state index is 12.2. The molecule has 0 spiro atoms. The van der Waals surface area contributed by atoms with E-state index in [9.17, 15) is 4.79 Å². The Balaban J connectivity index is 2.79. The van der Waals surface area contributed by atoms with E-state index in [0.717, 1.165) is 5.56 Å². The average Bonchev–Trinajstić information content (AvgIpc) is 2.48. The standard InChI is InChI=1S/C14H20N4O2/c1-3-20-13(19)14(2,12-8-5-4-6-9-12)16-10-7-11-17-18-15/h4-6,8-9,16H,3,7,10-11H2,1-2H3. The second-order valence-electron chi connectivity index (χ2n) is 4.45. The molecular formula is C14H20N4O2. The van der Waals surface area contributed by atoms with Gasteiger partial charge in [-0.1, -0.05) is 35.4 Å². The van der Waals surface area contributed by atoms with Crippen LogP contribution in [0.3, 0.4) is 0 Å². The Morgan fingerprint density at radius 1 is 1.45 bits per heavy atom. The lowest BCUT2D eigenvalue weighted by molar-refractivity contribution is -0.151. The largest absolute Gasteiger partial charge is 0.464 e. The summed E-state index contributed by atoms with van der Waals surface area (Å²) in [5.74, 6) is -0.310. The molecule has 0 saturated heterocycles. The lowest BCUT2D eigenvalue weighted by atomic mass is 9.92. The van der Waals surface area contributed by atoms with E-state index in [1.54, 1.807) is 13.8 Å². The lowest BCUT2D eigenvalue weighted by Gasteiger charge is -2.29. The molecule has 0 heterocycles. The molecule has 0 aromatic heterocycles. The number of rotatable bonds is 8. The molecule has 0 aliphatic carbocycles. The van der Waals surface area contributed by atoms with Crippen LogP contribution in [0.15, 0.2) is 35.4 Å². The van der Waals surface area contributed by atoms with Gasteiger partial charge in [-0.3, -0.25) is 5.32 Å². The number of nitrogens with one attached hydrogen (secondary N) is 1. The van der Waals surface area contributed by atoms with Crippen LogP contribution < -0.4 is 5.32 Å². The number of esters is 1. The minimum atomic E-state index is -0.895. The van der Waals surface area contributed by atoms with Crippen molar-refractivity contribution in [2.24, 2.45) is 5.11 Å². The number of carbonyl (C=O) groups is 1. The molecule has 1 rings (SSSR count). The number of carbonyl (C=O) groups excluding carboxylic acids is 1. The first-order valence-electron chi connectivity index (χ1n) is 6.63. The Kier molecular flexibility index (Phi) is 6.56. The zero-order chi connectivity index (χ0) is 14.8. The molecule has 0 amide bonds. The Labute approximate surface area is 118 Å². The second-order valence-corrected chi connectivity index (χ2v) is 4.45. The highest BCUT2D eigenvalue weighted by atomic mass is 16.5. The Morgan fingerprint density at radius 3 is 2.75 bits per heavy atom. The summed E-state index contributed by atoms with van der Waals surface area (Å²) in [4.78, 5) is 14.9. The molecule has 0 aliphatic rings. The molecular weight excluding hydrogens is 256 g/mol. The predicted molar refractivity (Wildman–Crippen MR) is 77.1 cm³/mol. The monoisotopic (exact) mass is 276 g/mol. The third kappa shape index (κ3) is 4.26. The molecule has 108 valence electrons. The molecule has 0 radical (unpaired) electrons. The fourth-order valence-electron chi connectivity index (χ4n) is 1.87. The summed E-state index contributed by atoms with van der Waals surface area (Å²) in [6.45, 7) is 4.88. The van der Waals surface area contributed by atoms with Crippen LogP contribution in [0.4, 0.5) is 0 Å². The molecule has 1 N–H and O–H groups in total. The van der Waals surface area contributed by atoms with Gasteiger partial charge < -0.3 is 4.74 Å². The maximum Gasteiger partial charge on any atom is 0.330 e. The summed E-state index contributed by atoms with van der Waals surface area (Å²) in [6.07, 6.45) is 0.659. The number of azide groups is 1. The van der Waals surface area contributed by atoms with Crippen LogP contribution in [0.25, 0.3) is 10.4 Å². The summed E-state index contributed by atoms with van der Waals surface area (Å²) < 4.78 is 5.16. The Hall–Kier alpha value is -2.04. The van der Waals surface area contributed by atoms with Crippen LogP contribution in [-0.4, -0.2) is 25.7 Å². The molecule has 0 bridgehead atoms. The topological polar surface area (TPSA) is 87.1 Å².